The van der Waals surface area contributed by atoms with Crippen LogP contribution in [0.5, 0.6) is 0 Å². The first-order chi connectivity index (χ1) is 19.1. The van der Waals surface area contributed by atoms with E-state index in [0.29, 0.717) is 17.7 Å². The highest BCUT2D eigenvalue weighted by molar-refractivity contribution is 6.10. The highest BCUT2D eigenvalue weighted by Crippen LogP contribution is 2.31. The molecule has 6 aromatic rings. The molecule has 0 radical (unpaired) electrons. The summed E-state index contributed by atoms with van der Waals surface area (Å²) in [5.74, 6) is -0.199. The second-order valence-corrected chi connectivity index (χ2v) is 9.47. The van der Waals surface area contributed by atoms with Crippen molar-refractivity contribution in [2.24, 2.45) is 0 Å². The van der Waals surface area contributed by atoms with E-state index in [1.807, 2.05) is 67.6 Å². The van der Waals surface area contributed by atoms with E-state index in [9.17, 15) is 9.59 Å². The van der Waals surface area contributed by atoms with E-state index in [1.165, 1.54) is 0 Å². The number of aryl methyl sites for hydroxylation is 1. The van der Waals surface area contributed by atoms with Crippen molar-refractivity contribution >= 4 is 50.4 Å². The molecule has 1 atom stereocenters. The van der Waals surface area contributed by atoms with E-state index >= 15 is 0 Å². The Morgan fingerprint density at radius 2 is 1.67 bits per heavy atom. The molecule has 1 unspecified atom stereocenters. The number of carbonyl (C=O) groups is 2. The van der Waals surface area contributed by atoms with E-state index in [2.05, 4.69) is 38.9 Å². The number of nitrogens with zero attached hydrogens (tertiary/aromatic N) is 2. The van der Waals surface area contributed by atoms with Gasteiger partial charge in [-0.05, 0) is 55.8 Å². The van der Waals surface area contributed by atoms with E-state index < -0.39 is 12.1 Å². The van der Waals surface area contributed by atoms with Crippen LogP contribution < -0.4 is 5.32 Å². The zero-order valence-electron chi connectivity index (χ0n) is 21.8. The van der Waals surface area contributed by atoms with Crippen LogP contribution in [0.2, 0.25) is 0 Å². The smallest absolute Gasteiger partial charge is 0.338 e. The number of anilines is 1. The van der Waals surface area contributed by atoms with Crippen molar-refractivity contribution in [2.75, 3.05) is 5.32 Å². The first-order valence-electron chi connectivity index (χ1n) is 13.1. The predicted molar refractivity (Wildman–Crippen MR) is 155 cm³/mol. The second kappa shape index (κ2) is 10.1. The number of benzene rings is 4. The Balaban J connectivity index is 1.20. The van der Waals surface area contributed by atoms with E-state index in [4.69, 9.17) is 4.74 Å². The molecular formula is C32H28N4O3. The molecule has 2 aromatic heterocycles. The molecule has 0 aliphatic heterocycles. The molecule has 2 heterocycles. The number of hydrogen-bond acceptors (Lipinski definition) is 4. The quantitative estimate of drug-likeness (QED) is 0.225. The average molecular weight is 517 g/mol. The van der Waals surface area contributed by atoms with Crippen LogP contribution >= 0.6 is 0 Å². The molecular weight excluding hydrogens is 488 g/mol. The van der Waals surface area contributed by atoms with Crippen molar-refractivity contribution in [3.05, 3.63) is 96.6 Å². The summed E-state index contributed by atoms with van der Waals surface area (Å²) >= 11 is 0. The molecule has 0 saturated carbocycles. The molecule has 2 N–H and O–H groups in total. The summed E-state index contributed by atoms with van der Waals surface area (Å²) in [6, 6.07) is 29.1. The normalized spacial score (nSPS) is 12.2. The molecule has 0 spiro atoms. The van der Waals surface area contributed by atoms with Crippen LogP contribution in [0.3, 0.4) is 0 Å². The van der Waals surface area contributed by atoms with Crippen molar-refractivity contribution in [3.63, 3.8) is 0 Å². The minimum Gasteiger partial charge on any atom is -0.449 e. The Morgan fingerprint density at radius 1 is 0.897 bits per heavy atom. The highest BCUT2D eigenvalue weighted by Gasteiger charge is 2.23. The Hall–Kier alpha value is -4.91. The molecule has 0 bridgehead atoms. The van der Waals surface area contributed by atoms with Crippen LogP contribution in [0, 0.1) is 0 Å². The van der Waals surface area contributed by atoms with E-state index in [1.54, 1.807) is 18.2 Å². The number of fused-ring (bicyclic) bond motifs is 4. The zero-order chi connectivity index (χ0) is 26.9. The highest BCUT2D eigenvalue weighted by atomic mass is 16.5. The lowest BCUT2D eigenvalue weighted by molar-refractivity contribution is -0.124. The fourth-order valence-electron chi connectivity index (χ4n) is 5.08. The summed E-state index contributed by atoms with van der Waals surface area (Å²) in [7, 11) is 0. The first kappa shape index (κ1) is 24.4. The summed E-state index contributed by atoms with van der Waals surface area (Å²) in [6.45, 7) is 4.79. The Bertz CT molecular complexity index is 1830. The molecule has 6 rings (SSSR count). The third kappa shape index (κ3) is 4.52. The number of aromatic amines is 1. The van der Waals surface area contributed by atoms with Crippen molar-refractivity contribution in [3.8, 4) is 11.4 Å². The molecule has 7 heteroatoms. The largest absolute Gasteiger partial charge is 0.449 e. The lowest BCUT2D eigenvalue weighted by Crippen LogP contribution is -2.32. The number of aromatic nitrogens is 3. The molecule has 7 nitrogen and oxygen atoms in total. The molecule has 0 fully saturated rings. The number of amides is 1. The number of esters is 1. The fourth-order valence-corrected chi connectivity index (χ4v) is 5.08. The second-order valence-electron chi connectivity index (χ2n) is 9.47. The summed E-state index contributed by atoms with van der Waals surface area (Å²) in [6.07, 6.45) is -0.582. The number of hydrogen-bond donors (Lipinski definition) is 2. The number of nitrogens with one attached hydrogen (secondary N) is 2. The number of ether oxygens (including phenoxy) is 1. The van der Waals surface area contributed by atoms with Crippen LogP contribution in [0.4, 0.5) is 5.69 Å². The molecule has 194 valence electrons. The molecule has 0 aliphatic rings. The first-order valence-corrected chi connectivity index (χ1v) is 13.1. The van der Waals surface area contributed by atoms with Gasteiger partial charge in [0.25, 0.3) is 5.91 Å². The van der Waals surface area contributed by atoms with Crippen LogP contribution in [0.15, 0.2) is 91.0 Å². The van der Waals surface area contributed by atoms with E-state index in [-0.39, 0.29) is 5.91 Å². The van der Waals surface area contributed by atoms with Gasteiger partial charge in [-0.25, -0.2) is 9.78 Å². The van der Waals surface area contributed by atoms with Crippen LogP contribution in [-0.4, -0.2) is 32.5 Å². The molecule has 0 aliphatic carbocycles. The molecule has 4 aromatic carbocycles. The van der Waals surface area contributed by atoms with Crippen LogP contribution in [-0.2, 0) is 16.1 Å². The maximum absolute atomic E-state index is 13.1. The fraction of sp³-hybridized carbons (Fsp3) is 0.156. The number of rotatable bonds is 7. The SMILES string of the molecule is CCC(OC(=O)c1ccc2nc(-c3ccccc3)[nH]c2c1)C(=O)Nc1ccc2c(c1)c1ccccc1n2CC. The maximum Gasteiger partial charge on any atom is 0.338 e. The Labute approximate surface area is 225 Å². The van der Waals surface area contributed by atoms with Gasteiger partial charge in [-0.2, -0.15) is 0 Å². The van der Waals surface area contributed by atoms with Gasteiger partial charge in [0.15, 0.2) is 6.10 Å². The third-order valence-corrected chi connectivity index (χ3v) is 7.03. The summed E-state index contributed by atoms with van der Waals surface area (Å²) in [4.78, 5) is 34.0. The van der Waals surface area contributed by atoms with Gasteiger partial charge in [-0.15, -0.1) is 0 Å². The van der Waals surface area contributed by atoms with Gasteiger partial charge in [0.05, 0.1) is 16.6 Å². The van der Waals surface area contributed by atoms with Crippen LogP contribution in [0.25, 0.3) is 44.2 Å². The standard InChI is InChI=1S/C32H28N4O3/c1-3-29(31(37)33-22-15-17-28-24(19-22)23-12-8-9-13-27(23)36(28)4-2)39-32(38)21-14-16-25-26(18-21)35-30(34-25)20-10-6-5-7-11-20/h5-19,29H,3-4H2,1-2H3,(H,33,37)(H,34,35). The number of imidazole rings is 1. The lowest BCUT2D eigenvalue weighted by atomic mass is 10.1. The van der Waals surface area contributed by atoms with Crippen molar-refractivity contribution < 1.29 is 14.3 Å². The predicted octanol–water partition coefficient (Wildman–Crippen LogP) is 6.93. The number of H-pyrrole nitrogens is 1. The van der Waals surface area contributed by atoms with Crippen LogP contribution in [0.1, 0.15) is 30.6 Å². The van der Waals surface area contributed by atoms with Gasteiger partial charge < -0.3 is 19.6 Å². The number of para-hydroxylation sites is 1. The molecule has 0 saturated heterocycles. The molecule has 1 amide bonds. The van der Waals surface area contributed by atoms with Gasteiger partial charge in [-0.3, -0.25) is 4.79 Å². The zero-order valence-corrected chi connectivity index (χ0v) is 21.8. The Kier molecular flexibility index (Phi) is 6.32. The van der Waals surface area contributed by atoms with E-state index in [0.717, 1.165) is 50.8 Å². The Morgan fingerprint density at radius 3 is 2.46 bits per heavy atom. The van der Waals surface area contributed by atoms with Gasteiger partial charge in [0, 0.05) is 39.6 Å². The van der Waals surface area contributed by atoms with Gasteiger partial charge in [-0.1, -0.05) is 55.5 Å². The van der Waals surface area contributed by atoms with Crippen molar-refractivity contribution in [2.45, 2.75) is 32.9 Å². The molecule has 39 heavy (non-hydrogen) atoms. The third-order valence-electron chi connectivity index (χ3n) is 7.03. The topological polar surface area (TPSA) is 89.0 Å². The lowest BCUT2D eigenvalue weighted by Gasteiger charge is -2.16. The summed E-state index contributed by atoms with van der Waals surface area (Å²) in [5, 5.41) is 5.14. The number of carbonyl (C=O) groups excluding carboxylic acids is 2. The summed E-state index contributed by atoms with van der Waals surface area (Å²) < 4.78 is 7.91. The minimum absolute atomic E-state index is 0.347. The van der Waals surface area contributed by atoms with Crippen molar-refractivity contribution in [1.82, 2.24) is 14.5 Å². The monoisotopic (exact) mass is 516 g/mol. The van der Waals surface area contributed by atoms with Crippen molar-refractivity contribution in [1.29, 1.82) is 0 Å². The average Bonchev–Trinajstić information content (AvgIpc) is 3.54. The van der Waals surface area contributed by atoms with Gasteiger partial charge in [0.2, 0.25) is 0 Å². The summed E-state index contributed by atoms with van der Waals surface area (Å²) in [5.41, 5.74) is 5.70. The minimum atomic E-state index is -0.928. The van der Waals surface area contributed by atoms with Gasteiger partial charge >= 0.3 is 5.97 Å². The maximum atomic E-state index is 13.1. The van der Waals surface area contributed by atoms with Gasteiger partial charge in [0.1, 0.15) is 5.82 Å².